The first-order valence-corrected chi connectivity index (χ1v) is 9.53. The lowest BCUT2D eigenvalue weighted by Crippen LogP contribution is -2.31. The standard InChI is InChI=1S/C25H25N/c1-4-10-20(11-5-1)16-17-24-18-23(21-12-6-2-7-13-21)19-25(26-24)22-14-8-3-9-15-22/h1-2,4-8,10-15,18-19,25-26H,3,9,16-17H2. The van der Waals surface area contributed by atoms with Gasteiger partial charge in [-0.25, -0.2) is 0 Å². The van der Waals surface area contributed by atoms with Crippen LogP contribution in [-0.2, 0) is 6.42 Å². The smallest absolute Gasteiger partial charge is 0.0700 e. The minimum absolute atomic E-state index is 0.262. The highest BCUT2D eigenvalue weighted by Gasteiger charge is 2.18. The summed E-state index contributed by atoms with van der Waals surface area (Å²) in [5, 5.41) is 3.76. The molecule has 0 saturated heterocycles. The quantitative estimate of drug-likeness (QED) is 0.722. The van der Waals surface area contributed by atoms with E-state index in [-0.39, 0.29) is 6.04 Å². The Morgan fingerprint density at radius 2 is 1.62 bits per heavy atom. The van der Waals surface area contributed by atoms with Crippen molar-refractivity contribution >= 4 is 5.57 Å². The summed E-state index contributed by atoms with van der Waals surface area (Å²) in [6, 6.07) is 21.7. The molecule has 2 aromatic rings. The zero-order valence-electron chi connectivity index (χ0n) is 15.1. The summed E-state index contributed by atoms with van der Waals surface area (Å²) < 4.78 is 0. The van der Waals surface area contributed by atoms with Crippen molar-refractivity contribution in [1.29, 1.82) is 0 Å². The van der Waals surface area contributed by atoms with Gasteiger partial charge in [0.25, 0.3) is 0 Å². The first-order chi connectivity index (χ1) is 12.9. The van der Waals surface area contributed by atoms with Crippen molar-refractivity contribution in [3.8, 4) is 0 Å². The Labute approximate surface area is 156 Å². The van der Waals surface area contributed by atoms with Gasteiger partial charge in [0.1, 0.15) is 0 Å². The molecule has 4 rings (SSSR count). The molecule has 2 aliphatic rings. The first-order valence-electron chi connectivity index (χ1n) is 9.53. The Morgan fingerprint density at radius 1 is 0.846 bits per heavy atom. The van der Waals surface area contributed by atoms with E-state index >= 15 is 0 Å². The molecule has 0 aromatic heterocycles. The lowest BCUT2D eigenvalue weighted by atomic mass is 9.91. The van der Waals surface area contributed by atoms with E-state index in [1.807, 2.05) is 0 Å². The van der Waals surface area contributed by atoms with Crippen molar-refractivity contribution in [2.45, 2.75) is 31.7 Å². The predicted molar refractivity (Wildman–Crippen MR) is 111 cm³/mol. The molecule has 1 unspecified atom stereocenters. The fraction of sp³-hybridized carbons (Fsp3) is 0.200. The lowest BCUT2D eigenvalue weighted by Gasteiger charge is -2.27. The van der Waals surface area contributed by atoms with Crippen LogP contribution in [0.25, 0.3) is 5.57 Å². The molecule has 0 fully saturated rings. The number of allylic oxidation sites excluding steroid dienone is 5. The highest BCUT2D eigenvalue weighted by Crippen LogP contribution is 2.27. The minimum atomic E-state index is 0.262. The summed E-state index contributed by atoms with van der Waals surface area (Å²) in [4.78, 5) is 0. The van der Waals surface area contributed by atoms with Crippen LogP contribution in [0.3, 0.4) is 0 Å². The van der Waals surface area contributed by atoms with Crippen LogP contribution in [0.4, 0.5) is 0 Å². The predicted octanol–water partition coefficient (Wildman–Crippen LogP) is 5.83. The van der Waals surface area contributed by atoms with E-state index in [4.69, 9.17) is 0 Å². The Morgan fingerprint density at radius 3 is 2.35 bits per heavy atom. The van der Waals surface area contributed by atoms with Gasteiger partial charge in [0, 0.05) is 5.70 Å². The van der Waals surface area contributed by atoms with Crippen LogP contribution in [0.2, 0.25) is 0 Å². The molecule has 2 aromatic carbocycles. The van der Waals surface area contributed by atoms with E-state index in [9.17, 15) is 0 Å². The molecule has 0 amide bonds. The van der Waals surface area contributed by atoms with E-state index in [1.165, 1.54) is 28.0 Å². The molecule has 0 spiro atoms. The summed E-state index contributed by atoms with van der Waals surface area (Å²) in [7, 11) is 0. The first kappa shape index (κ1) is 16.7. The van der Waals surface area contributed by atoms with Crippen molar-refractivity contribution in [1.82, 2.24) is 5.32 Å². The van der Waals surface area contributed by atoms with Crippen LogP contribution >= 0.6 is 0 Å². The zero-order valence-corrected chi connectivity index (χ0v) is 15.1. The molecular weight excluding hydrogens is 314 g/mol. The molecule has 0 saturated carbocycles. The summed E-state index contributed by atoms with van der Waals surface area (Å²) in [6.45, 7) is 0. The highest BCUT2D eigenvalue weighted by atomic mass is 14.9. The van der Waals surface area contributed by atoms with Crippen LogP contribution in [-0.4, -0.2) is 6.04 Å². The Hall–Kier alpha value is -2.80. The fourth-order valence-corrected chi connectivity index (χ4v) is 3.62. The number of dihydropyridines is 1. The van der Waals surface area contributed by atoms with Crippen LogP contribution in [0.5, 0.6) is 0 Å². The largest absolute Gasteiger partial charge is 0.378 e. The molecular formula is C25H25N. The molecule has 1 atom stereocenters. The SMILES string of the molecule is C1=CC(C2C=C(c3ccccc3)C=C(CCc3ccccc3)N2)=CCC1. The van der Waals surface area contributed by atoms with Crippen molar-refractivity contribution in [3.05, 3.63) is 113 Å². The maximum Gasteiger partial charge on any atom is 0.0700 e. The molecule has 1 nitrogen and oxygen atoms in total. The number of benzene rings is 2. The molecule has 1 aliphatic carbocycles. The average molecular weight is 339 g/mol. The second kappa shape index (κ2) is 8.05. The normalized spacial score (nSPS) is 19.2. The van der Waals surface area contributed by atoms with Gasteiger partial charge in [0.05, 0.1) is 6.04 Å². The van der Waals surface area contributed by atoms with Crippen molar-refractivity contribution < 1.29 is 0 Å². The number of hydrogen-bond donors (Lipinski definition) is 1. The van der Waals surface area contributed by atoms with E-state index < -0.39 is 0 Å². The Bertz CT molecular complexity index is 854. The van der Waals surface area contributed by atoms with Gasteiger partial charge in [0.15, 0.2) is 0 Å². The molecule has 1 N–H and O–H groups in total. The number of rotatable bonds is 5. The Balaban J connectivity index is 1.58. The lowest BCUT2D eigenvalue weighted by molar-refractivity contribution is 0.701. The third-order valence-electron chi connectivity index (χ3n) is 5.03. The van der Waals surface area contributed by atoms with Crippen molar-refractivity contribution in [2.24, 2.45) is 0 Å². The molecule has 26 heavy (non-hydrogen) atoms. The van der Waals surface area contributed by atoms with Gasteiger partial charge >= 0.3 is 0 Å². The van der Waals surface area contributed by atoms with E-state index in [0.717, 1.165) is 25.7 Å². The molecule has 0 radical (unpaired) electrons. The van der Waals surface area contributed by atoms with Gasteiger partial charge in [-0.05, 0) is 60.1 Å². The molecule has 1 aliphatic heterocycles. The van der Waals surface area contributed by atoms with Gasteiger partial charge < -0.3 is 5.32 Å². The van der Waals surface area contributed by atoms with E-state index in [2.05, 4.69) is 96.4 Å². The van der Waals surface area contributed by atoms with Gasteiger partial charge in [-0.3, -0.25) is 0 Å². The molecule has 130 valence electrons. The fourth-order valence-electron chi connectivity index (χ4n) is 3.62. The topological polar surface area (TPSA) is 12.0 Å². The van der Waals surface area contributed by atoms with Gasteiger partial charge in [-0.2, -0.15) is 0 Å². The summed E-state index contributed by atoms with van der Waals surface area (Å²) in [6.07, 6.45) is 16.0. The third kappa shape index (κ3) is 4.05. The third-order valence-corrected chi connectivity index (χ3v) is 5.03. The van der Waals surface area contributed by atoms with E-state index in [1.54, 1.807) is 0 Å². The summed E-state index contributed by atoms with van der Waals surface area (Å²) >= 11 is 0. The van der Waals surface area contributed by atoms with Crippen molar-refractivity contribution in [2.75, 3.05) is 0 Å². The average Bonchev–Trinajstić information content (AvgIpc) is 2.74. The monoisotopic (exact) mass is 339 g/mol. The Kier molecular flexibility index (Phi) is 5.16. The molecule has 1 heteroatoms. The number of nitrogens with one attached hydrogen (secondary N) is 1. The maximum absolute atomic E-state index is 3.76. The van der Waals surface area contributed by atoms with Crippen LogP contribution in [0.1, 0.15) is 30.4 Å². The maximum atomic E-state index is 3.76. The van der Waals surface area contributed by atoms with Gasteiger partial charge in [-0.1, -0.05) is 78.9 Å². The van der Waals surface area contributed by atoms with Crippen LogP contribution < -0.4 is 5.32 Å². The highest BCUT2D eigenvalue weighted by molar-refractivity contribution is 5.77. The summed E-state index contributed by atoms with van der Waals surface area (Å²) in [5.41, 5.74) is 6.70. The van der Waals surface area contributed by atoms with Gasteiger partial charge in [0.2, 0.25) is 0 Å². The molecule has 0 bridgehead atoms. The van der Waals surface area contributed by atoms with Gasteiger partial charge in [-0.15, -0.1) is 0 Å². The number of hydrogen-bond acceptors (Lipinski definition) is 1. The van der Waals surface area contributed by atoms with Crippen LogP contribution in [0, 0.1) is 0 Å². The van der Waals surface area contributed by atoms with Crippen molar-refractivity contribution in [3.63, 3.8) is 0 Å². The second-order valence-electron chi connectivity index (χ2n) is 6.95. The number of aryl methyl sites for hydroxylation is 1. The minimum Gasteiger partial charge on any atom is -0.378 e. The summed E-state index contributed by atoms with van der Waals surface area (Å²) in [5.74, 6) is 0. The second-order valence-corrected chi connectivity index (χ2v) is 6.95. The molecule has 1 heterocycles. The van der Waals surface area contributed by atoms with E-state index in [0.29, 0.717) is 0 Å². The van der Waals surface area contributed by atoms with Crippen LogP contribution in [0.15, 0.2) is 102 Å². The zero-order chi connectivity index (χ0) is 17.6.